The van der Waals surface area contributed by atoms with Crippen molar-refractivity contribution >= 4 is 5.97 Å². The zero-order valence-corrected chi connectivity index (χ0v) is 9.43. The van der Waals surface area contributed by atoms with Crippen molar-refractivity contribution in [2.45, 2.75) is 6.92 Å². The Hall–Kier alpha value is -2.30. The van der Waals surface area contributed by atoms with Gasteiger partial charge in [0, 0.05) is 0 Å². The molecule has 0 amide bonds. The van der Waals surface area contributed by atoms with Crippen LogP contribution in [0.3, 0.4) is 0 Å². The molecule has 0 aliphatic carbocycles. The number of benzene rings is 1. The van der Waals surface area contributed by atoms with Gasteiger partial charge in [0.25, 0.3) is 0 Å². The molecule has 1 heterocycles. The first kappa shape index (κ1) is 11.2. The molecular formula is C12H11NO4. The van der Waals surface area contributed by atoms with Gasteiger partial charge < -0.3 is 14.3 Å². The van der Waals surface area contributed by atoms with Crippen molar-refractivity contribution in [3.05, 3.63) is 35.9 Å². The number of oxazole rings is 1. The number of hydrogen-bond donors (Lipinski definition) is 1. The number of aryl methyl sites for hydroxylation is 1. The van der Waals surface area contributed by atoms with Crippen LogP contribution >= 0.6 is 0 Å². The molecule has 1 aromatic heterocycles. The third-order valence-corrected chi connectivity index (χ3v) is 2.44. The lowest BCUT2D eigenvalue weighted by Crippen LogP contribution is -1.98. The van der Waals surface area contributed by atoms with Gasteiger partial charge >= 0.3 is 5.97 Å². The number of methoxy groups -OCH3 is 1. The van der Waals surface area contributed by atoms with Gasteiger partial charge in [0.15, 0.2) is 12.2 Å². The molecule has 0 bridgehead atoms. The Morgan fingerprint density at radius 2 is 2.24 bits per heavy atom. The Labute approximate surface area is 97.7 Å². The number of carbonyl (C=O) groups is 1. The molecule has 0 saturated heterocycles. The van der Waals surface area contributed by atoms with Crippen molar-refractivity contribution in [2.24, 2.45) is 0 Å². The quantitative estimate of drug-likeness (QED) is 0.880. The summed E-state index contributed by atoms with van der Waals surface area (Å²) in [5.41, 5.74) is 1.58. The minimum Gasteiger partial charge on any atom is -0.496 e. The van der Waals surface area contributed by atoms with Crippen LogP contribution in [0.1, 0.15) is 16.1 Å². The van der Waals surface area contributed by atoms with Crippen LogP contribution in [0.2, 0.25) is 0 Å². The highest BCUT2D eigenvalue weighted by atomic mass is 16.5. The van der Waals surface area contributed by atoms with Crippen molar-refractivity contribution in [3.8, 4) is 17.1 Å². The zero-order chi connectivity index (χ0) is 12.4. The predicted molar refractivity (Wildman–Crippen MR) is 60.2 cm³/mol. The lowest BCUT2D eigenvalue weighted by molar-refractivity contribution is 0.0696. The van der Waals surface area contributed by atoms with E-state index < -0.39 is 5.97 Å². The van der Waals surface area contributed by atoms with E-state index in [2.05, 4.69) is 4.98 Å². The summed E-state index contributed by atoms with van der Waals surface area (Å²) in [5.74, 6) is 0.0349. The summed E-state index contributed by atoms with van der Waals surface area (Å²) in [4.78, 5) is 14.8. The topological polar surface area (TPSA) is 72.6 Å². The SMILES string of the molecule is COc1cc(C(=O)O)ccc1-c1ocnc1C. The fraction of sp³-hybridized carbons (Fsp3) is 0.167. The molecule has 0 unspecified atom stereocenters. The van der Waals surface area contributed by atoms with E-state index in [0.717, 1.165) is 5.69 Å². The van der Waals surface area contributed by atoms with Crippen LogP contribution in [0.4, 0.5) is 0 Å². The largest absolute Gasteiger partial charge is 0.496 e. The molecule has 1 aromatic carbocycles. The summed E-state index contributed by atoms with van der Waals surface area (Å²) < 4.78 is 10.4. The first-order chi connectivity index (χ1) is 8.13. The molecule has 0 spiro atoms. The fourth-order valence-electron chi connectivity index (χ4n) is 1.57. The maximum Gasteiger partial charge on any atom is 0.335 e. The van der Waals surface area contributed by atoms with E-state index in [0.29, 0.717) is 17.1 Å². The molecule has 2 rings (SSSR count). The highest BCUT2D eigenvalue weighted by molar-refractivity contribution is 5.89. The molecule has 17 heavy (non-hydrogen) atoms. The van der Waals surface area contributed by atoms with E-state index >= 15 is 0 Å². The van der Waals surface area contributed by atoms with Crippen LogP contribution in [-0.2, 0) is 0 Å². The molecule has 0 aliphatic heterocycles. The number of ether oxygens (including phenoxy) is 1. The van der Waals surface area contributed by atoms with Crippen LogP contribution < -0.4 is 4.74 Å². The van der Waals surface area contributed by atoms with Crippen molar-refractivity contribution in [2.75, 3.05) is 7.11 Å². The summed E-state index contributed by atoms with van der Waals surface area (Å²) >= 11 is 0. The summed E-state index contributed by atoms with van der Waals surface area (Å²) in [5, 5.41) is 8.89. The highest BCUT2D eigenvalue weighted by Crippen LogP contribution is 2.32. The van der Waals surface area contributed by atoms with Gasteiger partial charge in [-0.1, -0.05) is 0 Å². The van der Waals surface area contributed by atoms with E-state index in [-0.39, 0.29) is 5.56 Å². The Morgan fingerprint density at radius 1 is 1.47 bits per heavy atom. The lowest BCUT2D eigenvalue weighted by atomic mass is 10.1. The first-order valence-electron chi connectivity index (χ1n) is 4.95. The van der Waals surface area contributed by atoms with Crippen molar-refractivity contribution in [1.29, 1.82) is 0 Å². The molecule has 1 N–H and O–H groups in total. The van der Waals surface area contributed by atoms with Gasteiger partial charge in [-0.2, -0.15) is 0 Å². The maximum absolute atomic E-state index is 10.8. The van der Waals surface area contributed by atoms with Gasteiger partial charge in [0.1, 0.15) is 5.75 Å². The zero-order valence-electron chi connectivity index (χ0n) is 9.43. The van der Waals surface area contributed by atoms with E-state index in [9.17, 15) is 4.79 Å². The third kappa shape index (κ3) is 1.99. The number of carboxylic acid groups (broad SMARTS) is 1. The van der Waals surface area contributed by atoms with Crippen LogP contribution in [0, 0.1) is 6.92 Å². The molecule has 5 heteroatoms. The van der Waals surface area contributed by atoms with Crippen LogP contribution in [0.15, 0.2) is 29.0 Å². The molecule has 5 nitrogen and oxygen atoms in total. The average Bonchev–Trinajstić information content (AvgIpc) is 2.74. The summed E-state index contributed by atoms with van der Waals surface area (Å²) in [6.45, 7) is 1.81. The summed E-state index contributed by atoms with van der Waals surface area (Å²) in [6.07, 6.45) is 1.34. The average molecular weight is 233 g/mol. The van der Waals surface area contributed by atoms with Gasteiger partial charge in [0.2, 0.25) is 0 Å². The normalized spacial score (nSPS) is 10.2. The first-order valence-corrected chi connectivity index (χ1v) is 4.95. The number of hydrogen-bond acceptors (Lipinski definition) is 4. The van der Waals surface area contributed by atoms with Gasteiger partial charge in [0.05, 0.1) is 23.9 Å². The van der Waals surface area contributed by atoms with E-state index in [1.165, 1.54) is 25.6 Å². The number of carboxylic acids is 1. The number of aromatic nitrogens is 1. The number of aromatic carboxylic acids is 1. The molecule has 88 valence electrons. The van der Waals surface area contributed by atoms with Crippen LogP contribution in [0.25, 0.3) is 11.3 Å². The standard InChI is InChI=1S/C12H11NO4/c1-7-11(17-6-13-7)9-4-3-8(12(14)15)5-10(9)16-2/h3-6H,1-2H3,(H,14,15). The number of rotatable bonds is 3. The second-order valence-corrected chi connectivity index (χ2v) is 3.49. The predicted octanol–water partition coefficient (Wildman–Crippen LogP) is 2.36. The second-order valence-electron chi connectivity index (χ2n) is 3.49. The molecule has 0 fully saturated rings. The van der Waals surface area contributed by atoms with Gasteiger partial charge in [-0.05, 0) is 25.1 Å². The van der Waals surface area contributed by atoms with Gasteiger partial charge in [-0.15, -0.1) is 0 Å². The molecular weight excluding hydrogens is 222 g/mol. The summed E-state index contributed by atoms with van der Waals surface area (Å²) in [6, 6.07) is 4.61. The van der Waals surface area contributed by atoms with Crippen LogP contribution in [-0.4, -0.2) is 23.2 Å². The lowest BCUT2D eigenvalue weighted by Gasteiger charge is -2.07. The molecule has 0 radical (unpaired) electrons. The smallest absolute Gasteiger partial charge is 0.335 e. The molecule has 0 saturated carbocycles. The second kappa shape index (κ2) is 4.29. The van der Waals surface area contributed by atoms with Gasteiger partial charge in [-0.25, -0.2) is 9.78 Å². The van der Waals surface area contributed by atoms with Crippen molar-refractivity contribution in [3.63, 3.8) is 0 Å². The minimum absolute atomic E-state index is 0.169. The Bertz CT molecular complexity index is 559. The fourth-order valence-corrected chi connectivity index (χ4v) is 1.57. The Morgan fingerprint density at radius 3 is 2.76 bits per heavy atom. The molecule has 0 aliphatic rings. The van der Waals surface area contributed by atoms with E-state index in [4.69, 9.17) is 14.3 Å². The number of nitrogens with zero attached hydrogens (tertiary/aromatic N) is 1. The maximum atomic E-state index is 10.8. The van der Waals surface area contributed by atoms with Crippen molar-refractivity contribution in [1.82, 2.24) is 4.98 Å². The van der Waals surface area contributed by atoms with E-state index in [1.807, 2.05) is 6.92 Å². The van der Waals surface area contributed by atoms with Crippen molar-refractivity contribution < 1.29 is 19.1 Å². The monoisotopic (exact) mass is 233 g/mol. The Balaban J connectivity index is 2.56. The third-order valence-electron chi connectivity index (χ3n) is 2.44. The van der Waals surface area contributed by atoms with Crippen LogP contribution in [0.5, 0.6) is 5.75 Å². The molecule has 2 aromatic rings. The summed E-state index contributed by atoms with van der Waals surface area (Å²) in [7, 11) is 1.48. The van der Waals surface area contributed by atoms with E-state index in [1.54, 1.807) is 6.07 Å². The minimum atomic E-state index is -0.996. The van der Waals surface area contributed by atoms with Gasteiger partial charge in [-0.3, -0.25) is 0 Å². The Kier molecular flexibility index (Phi) is 2.82. The highest BCUT2D eigenvalue weighted by Gasteiger charge is 2.14. The molecule has 0 atom stereocenters.